The van der Waals surface area contributed by atoms with Gasteiger partial charge in [-0.2, -0.15) is 0 Å². The summed E-state index contributed by atoms with van der Waals surface area (Å²) in [5.74, 6) is -0.561. The number of nitrogens with zero attached hydrogens (tertiary/aromatic N) is 2. The second-order valence-corrected chi connectivity index (χ2v) is 11.7. The van der Waals surface area contributed by atoms with E-state index in [0.717, 1.165) is 50.9 Å². The molecule has 3 atom stereocenters. The molecular formula is C23H31N3O4S. The van der Waals surface area contributed by atoms with Crippen molar-refractivity contribution in [1.29, 1.82) is 0 Å². The molecule has 31 heavy (non-hydrogen) atoms. The highest BCUT2D eigenvalue weighted by Gasteiger charge is 2.44. The number of piperidine rings is 1. The molecule has 3 saturated heterocycles. The van der Waals surface area contributed by atoms with E-state index in [1.54, 1.807) is 4.90 Å². The molecule has 0 aromatic heterocycles. The van der Waals surface area contributed by atoms with Gasteiger partial charge in [0.1, 0.15) is 0 Å². The zero-order chi connectivity index (χ0) is 21.6. The Balaban J connectivity index is 1.26. The lowest BCUT2D eigenvalue weighted by Crippen LogP contribution is -2.53. The molecule has 1 N–H and O–H groups in total. The molecule has 4 aliphatic rings. The van der Waals surface area contributed by atoms with E-state index in [9.17, 15) is 18.0 Å². The summed E-state index contributed by atoms with van der Waals surface area (Å²) >= 11 is 0. The van der Waals surface area contributed by atoms with Crippen LogP contribution in [0.3, 0.4) is 0 Å². The summed E-state index contributed by atoms with van der Waals surface area (Å²) in [6.45, 7) is 2.14. The summed E-state index contributed by atoms with van der Waals surface area (Å²) in [6, 6.07) is 5.64. The van der Waals surface area contributed by atoms with E-state index < -0.39 is 15.8 Å². The predicted octanol–water partition coefficient (Wildman–Crippen LogP) is 1.30. The van der Waals surface area contributed by atoms with Gasteiger partial charge in [0.2, 0.25) is 11.8 Å². The number of amides is 2. The van der Waals surface area contributed by atoms with Crippen molar-refractivity contribution in [1.82, 2.24) is 10.2 Å². The molecule has 1 aliphatic carbocycles. The molecule has 1 aromatic rings. The number of rotatable bonds is 4. The maximum absolute atomic E-state index is 13.0. The summed E-state index contributed by atoms with van der Waals surface area (Å²) in [5, 5.41) is 3.02. The van der Waals surface area contributed by atoms with Crippen LogP contribution in [0.4, 0.5) is 5.69 Å². The minimum Gasteiger partial charge on any atom is -0.350 e. The zero-order valence-corrected chi connectivity index (χ0v) is 18.7. The predicted molar refractivity (Wildman–Crippen MR) is 119 cm³/mol. The van der Waals surface area contributed by atoms with Gasteiger partial charge in [0, 0.05) is 24.7 Å². The fraction of sp³-hybridized carbons (Fsp3) is 0.652. The van der Waals surface area contributed by atoms with Gasteiger partial charge >= 0.3 is 0 Å². The van der Waals surface area contributed by atoms with Crippen LogP contribution in [0.2, 0.25) is 0 Å². The van der Waals surface area contributed by atoms with Crippen LogP contribution < -0.4 is 10.2 Å². The molecule has 0 radical (unpaired) electrons. The van der Waals surface area contributed by atoms with Crippen LogP contribution in [0.1, 0.15) is 43.2 Å². The maximum atomic E-state index is 13.0. The lowest BCUT2D eigenvalue weighted by atomic mass is 10.0. The van der Waals surface area contributed by atoms with Crippen LogP contribution in [0, 0.1) is 5.92 Å². The number of nitrogens with one attached hydrogen (secondary N) is 1. The first-order valence-electron chi connectivity index (χ1n) is 11.6. The van der Waals surface area contributed by atoms with Crippen molar-refractivity contribution in [2.24, 2.45) is 5.92 Å². The first-order valence-corrected chi connectivity index (χ1v) is 13.4. The Labute approximate surface area is 184 Å². The van der Waals surface area contributed by atoms with E-state index in [0.29, 0.717) is 6.54 Å². The van der Waals surface area contributed by atoms with Crippen molar-refractivity contribution in [2.45, 2.75) is 57.0 Å². The molecule has 0 spiro atoms. The first-order chi connectivity index (χ1) is 14.9. The topological polar surface area (TPSA) is 86.8 Å². The smallest absolute Gasteiger partial charge is 0.227 e. The number of aryl methyl sites for hydroxylation is 2. The molecule has 5 rings (SSSR count). The van der Waals surface area contributed by atoms with Crippen molar-refractivity contribution in [2.75, 3.05) is 36.0 Å². The lowest BCUT2D eigenvalue weighted by molar-refractivity contribution is -0.127. The number of fused-ring (bicyclic) bond motifs is 1. The number of anilines is 1. The van der Waals surface area contributed by atoms with Gasteiger partial charge in [0.05, 0.1) is 23.5 Å². The van der Waals surface area contributed by atoms with Crippen LogP contribution >= 0.6 is 0 Å². The molecule has 0 bridgehead atoms. The summed E-state index contributed by atoms with van der Waals surface area (Å²) in [4.78, 5) is 29.7. The summed E-state index contributed by atoms with van der Waals surface area (Å²) in [6.07, 6.45) is 6.79. The molecule has 168 valence electrons. The van der Waals surface area contributed by atoms with Gasteiger partial charge in [0.25, 0.3) is 0 Å². The van der Waals surface area contributed by atoms with Gasteiger partial charge in [0.15, 0.2) is 9.84 Å². The number of likely N-dealkylation sites (tertiary alicyclic amines) is 1. The number of benzene rings is 1. The highest BCUT2D eigenvalue weighted by atomic mass is 32.2. The Morgan fingerprint density at radius 1 is 1.00 bits per heavy atom. The fourth-order valence-electron chi connectivity index (χ4n) is 5.74. The molecule has 3 heterocycles. The van der Waals surface area contributed by atoms with Gasteiger partial charge in [-0.1, -0.05) is 12.5 Å². The largest absolute Gasteiger partial charge is 0.350 e. The SMILES string of the molecule is O=C(NC1CS(=O)(=O)CC1N1CCCCC1)C1CC(=O)N(c2ccc3c(c2)CCC3)C1. The number of hydrogen-bond acceptors (Lipinski definition) is 5. The van der Waals surface area contributed by atoms with Crippen LogP contribution in [0.5, 0.6) is 0 Å². The van der Waals surface area contributed by atoms with Crippen LogP contribution in [-0.4, -0.2) is 68.4 Å². The minimum absolute atomic E-state index is 0.00485. The summed E-state index contributed by atoms with van der Waals surface area (Å²) in [7, 11) is -3.17. The van der Waals surface area contributed by atoms with E-state index in [2.05, 4.69) is 22.3 Å². The molecule has 2 amide bonds. The Bertz CT molecular complexity index is 987. The Hall–Kier alpha value is -1.93. The van der Waals surface area contributed by atoms with Crippen molar-refractivity contribution < 1.29 is 18.0 Å². The molecule has 0 saturated carbocycles. The third-order valence-electron chi connectivity index (χ3n) is 7.40. The van der Waals surface area contributed by atoms with Gasteiger partial charge in [-0.15, -0.1) is 0 Å². The van der Waals surface area contributed by atoms with Crippen molar-refractivity contribution >= 4 is 27.3 Å². The van der Waals surface area contributed by atoms with Gasteiger partial charge in [-0.3, -0.25) is 14.5 Å². The second-order valence-electron chi connectivity index (χ2n) is 9.57. The van der Waals surface area contributed by atoms with Gasteiger partial charge in [-0.25, -0.2) is 8.42 Å². The fourth-order valence-corrected chi connectivity index (χ4v) is 7.69. The molecule has 3 unspecified atom stereocenters. The summed E-state index contributed by atoms with van der Waals surface area (Å²) in [5.41, 5.74) is 3.53. The quantitative estimate of drug-likeness (QED) is 0.755. The molecular weight excluding hydrogens is 414 g/mol. The van der Waals surface area contributed by atoms with Crippen molar-refractivity contribution in [3.63, 3.8) is 0 Å². The normalized spacial score (nSPS) is 30.5. The Morgan fingerprint density at radius 3 is 2.58 bits per heavy atom. The van der Waals surface area contributed by atoms with Gasteiger partial charge in [-0.05, 0) is 68.5 Å². The molecule has 7 nitrogen and oxygen atoms in total. The van der Waals surface area contributed by atoms with Crippen LogP contribution in [-0.2, 0) is 32.3 Å². The maximum Gasteiger partial charge on any atom is 0.227 e. The highest BCUT2D eigenvalue weighted by Crippen LogP contribution is 2.31. The molecule has 3 fully saturated rings. The number of carbonyl (C=O) groups excluding carboxylic acids is 2. The third kappa shape index (κ3) is 4.24. The number of hydrogen-bond donors (Lipinski definition) is 1. The third-order valence-corrected chi connectivity index (χ3v) is 9.12. The highest BCUT2D eigenvalue weighted by molar-refractivity contribution is 7.91. The minimum atomic E-state index is -3.17. The molecule has 3 aliphatic heterocycles. The van der Waals surface area contributed by atoms with Crippen LogP contribution in [0.25, 0.3) is 0 Å². The first kappa shape index (κ1) is 20.9. The van der Waals surface area contributed by atoms with E-state index in [4.69, 9.17) is 0 Å². The van der Waals surface area contributed by atoms with Gasteiger partial charge < -0.3 is 10.2 Å². The van der Waals surface area contributed by atoms with E-state index >= 15 is 0 Å². The van der Waals surface area contributed by atoms with E-state index in [-0.39, 0.29) is 41.8 Å². The average Bonchev–Trinajstić information content (AvgIpc) is 3.44. The number of sulfone groups is 1. The average molecular weight is 446 g/mol. The van der Waals surface area contributed by atoms with E-state index in [1.807, 2.05) is 6.07 Å². The lowest BCUT2D eigenvalue weighted by Gasteiger charge is -2.35. The monoisotopic (exact) mass is 445 g/mol. The van der Waals surface area contributed by atoms with E-state index in [1.165, 1.54) is 17.5 Å². The second kappa shape index (κ2) is 8.20. The molecule has 8 heteroatoms. The van der Waals surface area contributed by atoms with Crippen molar-refractivity contribution in [3.8, 4) is 0 Å². The zero-order valence-electron chi connectivity index (χ0n) is 17.9. The number of carbonyl (C=O) groups is 2. The standard InChI is InChI=1S/C23H31N3O4S/c27-22-12-18(13-26(22)19-8-7-16-5-4-6-17(16)11-19)23(28)24-20-14-31(29,30)15-21(20)25-9-2-1-3-10-25/h7-8,11,18,20-21H,1-6,9-10,12-15H2,(H,24,28). The Kier molecular flexibility index (Phi) is 5.54. The molecule has 1 aromatic carbocycles. The van der Waals surface area contributed by atoms with Crippen molar-refractivity contribution in [3.05, 3.63) is 29.3 Å². The Morgan fingerprint density at radius 2 is 1.77 bits per heavy atom. The van der Waals surface area contributed by atoms with Crippen LogP contribution in [0.15, 0.2) is 18.2 Å². The summed E-state index contributed by atoms with van der Waals surface area (Å²) < 4.78 is 24.7.